The van der Waals surface area contributed by atoms with Crippen molar-refractivity contribution in [2.75, 3.05) is 37.9 Å². The summed E-state index contributed by atoms with van der Waals surface area (Å²) in [5.41, 5.74) is 1.77. The first-order valence-electron chi connectivity index (χ1n) is 9.17. The lowest BCUT2D eigenvalue weighted by Crippen LogP contribution is -2.30. The van der Waals surface area contributed by atoms with Crippen LogP contribution in [0.5, 0.6) is 5.75 Å². The SMILES string of the molecule is CN(C)C[C@H](O)COc1ccc(Nc2ncc(Br)c(Nc3ccccc3)n2)cc1. The Kier molecular flexibility index (Phi) is 7.40. The third-order valence-corrected chi connectivity index (χ3v) is 4.49. The number of hydrogen-bond donors (Lipinski definition) is 3. The first-order chi connectivity index (χ1) is 14.0. The number of halogens is 1. The number of aliphatic hydroxyl groups is 1. The zero-order valence-corrected chi connectivity index (χ0v) is 17.9. The van der Waals surface area contributed by atoms with Gasteiger partial charge in [-0.1, -0.05) is 18.2 Å². The molecule has 0 saturated heterocycles. The molecule has 2 aromatic carbocycles. The lowest BCUT2D eigenvalue weighted by atomic mass is 10.3. The van der Waals surface area contributed by atoms with E-state index in [2.05, 4.69) is 36.5 Å². The number of benzene rings is 2. The number of anilines is 4. The highest BCUT2D eigenvalue weighted by Crippen LogP contribution is 2.25. The highest BCUT2D eigenvalue weighted by molar-refractivity contribution is 9.10. The monoisotopic (exact) mass is 457 g/mol. The van der Waals surface area contributed by atoms with Crippen LogP contribution < -0.4 is 15.4 Å². The Bertz CT molecular complexity index is 907. The van der Waals surface area contributed by atoms with E-state index >= 15 is 0 Å². The molecule has 3 rings (SSSR count). The maximum atomic E-state index is 9.88. The molecule has 1 heterocycles. The van der Waals surface area contributed by atoms with Crippen molar-refractivity contribution in [2.24, 2.45) is 0 Å². The van der Waals surface area contributed by atoms with Crippen LogP contribution in [0.2, 0.25) is 0 Å². The van der Waals surface area contributed by atoms with Crippen molar-refractivity contribution in [1.29, 1.82) is 0 Å². The van der Waals surface area contributed by atoms with Crippen LogP contribution in [0.15, 0.2) is 65.3 Å². The van der Waals surface area contributed by atoms with Crippen molar-refractivity contribution >= 4 is 39.1 Å². The second-order valence-corrected chi connectivity index (χ2v) is 7.61. The molecule has 0 aliphatic heterocycles. The van der Waals surface area contributed by atoms with Crippen molar-refractivity contribution in [3.05, 3.63) is 65.3 Å². The molecule has 1 atom stereocenters. The van der Waals surface area contributed by atoms with Crippen molar-refractivity contribution in [3.8, 4) is 5.75 Å². The normalized spacial score (nSPS) is 11.9. The molecular weight excluding hydrogens is 434 g/mol. The van der Waals surface area contributed by atoms with Crippen LogP contribution in [-0.2, 0) is 0 Å². The number of likely N-dealkylation sites (N-methyl/N-ethyl adjacent to an activating group) is 1. The van der Waals surface area contributed by atoms with Crippen molar-refractivity contribution < 1.29 is 9.84 Å². The molecule has 7 nitrogen and oxygen atoms in total. The van der Waals surface area contributed by atoms with E-state index in [0.29, 0.717) is 24.1 Å². The van der Waals surface area contributed by atoms with Crippen LogP contribution in [-0.4, -0.2) is 53.3 Å². The number of nitrogens with zero attached hydrogens (tertiary/aromatic N) is 3. The van der Waals surface area contributed by atoms with Crippen LogP contribution >= 0.6 is 15.9 Å². The van der Waals surface area contributed by atoms with Gasteiger partial charge in [0.25, 0.3) is 0 Å². The smallest absolute Gasteiger partial charge is 0.229 e. The highest BCUT2D eigenvalue weighted by Gasteiger charge is 2.08. The molecule has 0 amide bonds. The Morgan fingerprint density at radius 2 is 1.72 bits per heavy atom. The molecule has 0 spiro atoms. The summed E-state index contributed by atoms with van der Waals surface area (Å²) < 4.78 is 6.39. The Balaban J connectivity index is 1.60. The van der Waals surface area contributed by atoms with Crippen LogP contribution in [0.3, 0.4) is 0 Å². The largest absolute Gasteiger partial charge is 0.491 e. The van der Waals surface area contributed by atoms with Gasteiger partial charge in [-0.2, -0.15) is 4.98 Å². The predicted molar refractivity (Wildman–Crippen MR) is 119 cm³/mol. The van der Waals surface area contributed by atoms with Gasteiger partial charge in [-0.25, -0.2) is 4.98 Å². The zero-order chi connectivity index (χ0) is 20.6. The number of aliphatic hydroxyl groups excluding tert-OH is 1. The van der Waals surface area contributed by atoms with Gasteiger partial charge in [-0.05, 0) is 66.4 Å². The van der Waals surface area contributed by atoms with E-state index < -0.39 is 6.10 Å². The van der Waals surface area contributed by atoms with Crippen LogP contribution in [0.25, 0.3) is 0 Å². The Hall–Kier alpha value is -2.68. The van der Waals surface area contributed by atoms with Gasteiger partial charge in [-0.15, -0.1) is 0 Å². The van der Waals surface area contributed by atoms with Gasteiger partial charge < -0.3 is 25.4 Å². The second-order valence-electron chi connectivity index (χ2n) is 6.76. The standard InChI is InChI=1S/C21H24BrN5O2/c1-27(2)13-17(28)14-29-18-10-8-16(9-11-18)25-21-23-12-19(22)20(26-21)24-15-6-4-3-5-7-15/h3-12,17,28H,13-14H2,1-2H3,(H2,23,24,25,26)/t17-/m0/s1. The van der Waals surface area contributed by atoms with E-state index in [4.69, 9.17) is 4.74 Å². The average Bonchev–Trinajstić information content (AvgIpc) is 2.70. The maximum absolute atomic E-state index is 9.88. The minimum Gasteiger partial charge on any atom is -0.491 e. The Morgan fingerprint density at radius 1 is 1.03 bits per heavy atom. The fourth-order valence-electron chi connectivity index (χ4n) is 2.60. The third-order valence-electron chi connectivity index (χ3n) is 3.91. The molecule has 0 radical (unpaired) electrons. The van der Waals surface area contributed by atoms with Crippen molar-refractivity contribution in [1.82, 2.24) is 14.9 Å². The fourth-order valence-corrected chi connectivity index (χ4v) is 2.89. The molecule has 0 aliphatic rings. The number of aromatic nitrogens is 2. The van der Waals surface area contributed by atoms with Crippen LogP contribution in [0.1, 0.15) is 0 Å². The van der Waals surface area contributed by atoms with Crippen LogP contribution in [0, 0.1) is 0 Å². The molecule has 3 aromatic rings. The molecule has 152 valence electrons. The molecule has 0 bridgehead atoms. The highest BCUT2D eigenvalue weighted by atomic mass is 79.9. The third kappa shape index (κ3) is 6.70. The summed E-state index contributed by atoms with van der Waals surface area (Å²) in [4.78, 5) is 10.7. The summed E-state index contributed by atoms with van der Waals surface area (Å²) in [6.45, 7) is 0.801. The summed E-state index contributed by atoms with van der Waals surface area (Å²) >= 11 is 3.47. The number of para-hydroxylation sites is 1. The first kappa shape index (κ1) is 21.0. The van der Waals surface area contributed by atoms with Gasteiger partial charge in [0.1, 0.15) is 24.3 Å². The summed E-state index contributed by atoms with van der Waals surface area (Å²) in [5, 5.41) is 16.3. The van der Waals surface area contributed by atoms with Gasteiger partial charge in [0.2, 0.25) is 5.95 Å². The summed E-state index contributed by atoms with van der Waals surface area (Å²) in [6.07, 6.45) is 1.17. The van der Waals surface area contributed by atoms with E-state index in [-0.39, 0.29) is 6.61 Å². The minimum atomic E-state index is -0.533. The minimum absolute atomic E-state index is 0.245. The topological polar surface area (TPSA) is 82.5 Å². The zero-order valence-electron chi connectivity index (χ0n) is 16.3. The van der Waals surface area contributed by atoms with Crippen LogP contribution in [0.4, 0.5) is 23.1 Å². The van der Waals surface area contributed by atoms with Crippen molar-refractivity contribution in [3.63, 3.8) is 0 Å². The number of rotatable bonds is 9. The van der Waals surface area contributed by atoms with E-state index in [9.17, 15) is 5.11 Å². The lowest BCUT2D eigenvalue weighted by Gasteiger charge is -2.16. The van der Waals surface area contributed by atoms with Gasteiger partial charge in [0.15, 0.2) is 0 Å². The number of nitrogens with one attached hydrogen (secondary N) is 2. The molecule has 0 fully saturated rings. The van der Waals surface area contributed by atoms with Gasteiger partial charge in [0, 0.05) is 24.1 Å². The summed E-state index contributed by atoms with van der Waals surface area (Å²) in [5.74, 6) is 1.83. The van der Waals surface area contributed by atoms with E-state index in [0.717, 1.165) is 15.8 Å². The second kappa shape index (κ2) is 10.2. The molecule has 1 aromatic heterocycles. The number of hydrogen-bond acceptors (Lipinski definition) is 7. The summed E-state index contributed by atoms with van der Waals surface area (Å²) in [7, 11) is 3.82. The van der Waals surface area contributed by atoms with Gasteiger partial charge in [-0.3, -0.25) is 0 Å². The molecule has 0 aliphatic carbocycles. The molecule has 0 unspecified atom stereocenters. The predicted octanol–water partition coefficient (Wildman–Crippen LogP) is 4.03. The first-order valence-corrected chi connectivity index (χ1v) is 9.96. The number of ether oxygens (including phenoxy) is 1. The van der Waals surface area contributed by atoms with E-state index in [1.54, 1.807) is 6.20 Å². The lowest BCUT2D eigenvalue weighted by molar-refractivity contribution is 0.0831. The molecule has 3 N–H and O–H groups in total. The summed E-state index contributed by atoms with van der Waals surface area (Å²) in [6, 6.07) is 17.3. The van der Waals surface area contributed by atoms with Gasteiger partial charge >= 0.3 is 0 Å². The fraction of sp³-hybridized carbons (Fsp3) is 0.238. The Morgan fingerprint density at radius 3 is 2.41 bits per heavy atom. The Labute approximate surface area is 178 Å². The quantitative estimate of drug-likeness (QED) is 0.447. The van der Waals surface area contributed by atoms with Crippen molar-refractivity contribution in [2.45, 2.75) is 6.10 Å². The molecule has 0 saturated carbocycles. The van der Waals surface area contributed by atoms with E-state index in [1.807, 2.05) is 73.6 Å². The molecular formula is C21H24BrN5O2. The van der Waals surface area contributed by atoms with E-state index in [1.165, 1.54) is 0 Å². The molecule has 29 heavy (non-hydrogen) atoms. The molecule has 8 heteroatoms. The van der Waals surface area contributed by atoms with Gasteiger partial charge in [0.05, 0.1) is 4.47 Å². The average molecular weight is 458 g/mol. The maximum Gasteiger partial charge on any atom is 0.229 e.